The third-order valence-corrected chi connectivity index (χ3v) is 3.12. The Labute approximate surface area is 101 Å². The van der Waals surface area contributed by atoms with E-state index in [1.807, 2.05) is 6.92 Å². The molecular weight excluding hydrogens is 221 g/mol. The average molecular weight is 239 g/mol. The fourth-order valence-electron chi connectivity index (χ4n) is 2.05. The Morgan fingerprint density at radius 2 is 2.24 bits per heavy atom. The van der Waals surface area contributed by atoms with E-state index in [1.165, 1.54) is 18.2 Å². The van der Waals surface area contributed by atoms with Crippen molar-refractivity contribution in [2.45, 2.75) is 38.5 Å². The van der Waals surface area contributed by atoms with Crippen LogP contribution in [0.5, 0.6) is 5.75 Å². The second kappa shape index (κ2) is 5.47. The Hall–Kier alpha value is -1.13. The smallest absolute Gasteiger partial charge is 0.123 e. The lowest BCUT2D eigenvalue weighted by Crippen LogP contribution is -2.45. The summed E-state index contributed by atoms with van der Waals surface area (Å²) in [5.74, 6) is -0.181. The standard InChI is InChI=1S/C13H18FNO2/c1-2-17-12-6-11(7-12)15-8-9-5-10(14)3-4-13(9)16/h3-5,11-12,15-16H,2,6-8H2,1H3. The van der Waals surface area contributed by atoms with Crippen LogP contribution in [0.15, 0.2) is 18.2 Å². The van der Waals surface area contributed by atoms with E-state index in [2.05, 4.69) is 5.32 Å². The minimum absolute atomic E-state index is 0.139. The summed E-state index contributed by atoms with van der Waals surface area (Å²) in [6.07, 6.45) is 2.34. The molecule has 17 heavy (non-hydrogen) atoms. The number of hydrogen-bond acceptors (Lipinski definition) is 3. The highest BCUT2D eigenvalue weighted by atomic mass is 19.1. The third-order valence-electron chi connectivity index (χ3n) is 3.12. The number of aromatic hydroxyl groups is 1. The lowest BCUT2D eigenvalue weighted by molar-refractivity contribution is -0.0102. The molecule has 1 saturated carbocycles. The number of benzene rings is 1. The topological polar surface area (TPSA) is 41.5 Å². The summed E-state index contributed by atoms with van der Waals surface area (Å²) in [5, 5.41) is 12.8. The van der Waals surface area contributed by atoms with Crippen LogP contribution < -0.4 is 5.32 Å². The monoisotopic (exact) mass is 239 g/mol. The fraction of sp³-hybridized carbons (Fsp3) is 0.538. The second-order valence-corrected chi connectivity index (χ2v) is 4.40. The molecular formula is C13H18FNO2. The van der Waals surface area contributed by atoms with Gasteiger partial charge in [0.15, 0.2) is 0 Å². The van der Waals surface area contributed by atoms with Crippen molar-refractivity contribution in [2.24, 2.45) is 0 Å². The third kappa shape index (κ3) is 3.17. The van der Waals surface area contributed by atoms with Crippen molar-refractivity contribution >= 4 is 0 Å². The molecule has 3 nitrogen and oxygen atoms in total. The molecule has 0 radical (unpaired) electrons. The maximum Gasteiger partial charge on any atom is 0.123 e. The van der Waals surface area contributed by atoms with E-state index >= 15 is 0 Å². The predicted octanol–water partition coefficient (Wildman–Crippen LogP) is 2.19. The Balaban J connectivity index is 1.77. The van der Waals surface area contributed by atoms with Gasteiger partial charge in [-0.2, -0.15) is 0 Å². The molecule has 0 bridgehead atoms. The van der Waals surface area contributed by atoms with E-state index in [0.717, 1.165) is 19.4 Å². The molecule has 1 aliphatic carbocycles. The van der Waals surface area contributed by atoms with Crippen molar-refractivity contribution in [3.63, 3.8) is 0 Å². The zero-order valence-corrected chi connectivity index (χ0v) is 9.95. The zero-order chi connectivity index (χ0) is 12.3. The first-order valence-electron chi connectivity index (χ1n) is 6.01. The normalized spacial score (nSPS) is 23.4. The summed E-state index contributed by atoms with van der Waals surface area (Å²) < 4.78 is 18.4. The van der Waals surface area contributed by atoms with Crippen molar-refractivity contribution in [1.29, 1.82) is 0 Å². The van der Waals surface area contributed by atoms with Gasteiger partial charge < -0.3 is 15.2 Å². The summed E-state index contributed by atoms with van der Waals surface area (Å²) in [7, 11) is 0. The van der Waals surface area contributed by atoms with E-state index < -0.39 is 0 Å². The first-order valence-corrected chi connectivity index (χ1v) is 6.01. The maximum absolute atomic E-state index is 13.0. The summed E-state index contributed by atoms with van der Waals surface area (Å²) in [5.41, 5.74) is 0.602. The molecule has 2 rings (SSSR count). The lowest BCUT2D eigenvalue weighted by atomic mass is 9.89. The van der Waals surface area contributed by atoms with Gasteiger partial charge in [0.05, 0.1) is 6.10 Å². The molecule has 4 heteroatoms. The van der Waals surface area contributed by atoms with Crippen LogP contribution in [0.1, 0.15) is 25.3 Å². The molecule has 2 N–H and O–H groups in total. The fourth-order valence-corrected chi connectivity index (χ4v) is 2.05. The molecule has 0 spiro atoms. The van der Waals surface area contributed by atoms with Gasteiger partial charge in [-0.15, -0.1) is 0 Å². The first-order chi connectivity index (χ1) is 8.19. The minimum Gasteiger partial charge on any atom is -0.508 e. The lowest BCUT2D eigenvalue weighted by Gasteiger charge is -2.35. The largest absolute Gasteiger partial charge is 0.508 e. The van der Waals surface area contributed by atoms with Crippen LogP contribution in [-0.2, 0) is 11.3 Å². The Morgan fingerprint density at radius 3 is 2.94 bits per heavy atom. The van der Waals surface area contributed by atoms with Gasteiger partial charge in [0.2, 0.25) is 0 Å². The summed E-state index contributed by atoms with van der Waals surface area (Å²) >= 11 is 0. The number of phenolic OH excluding ortho intramolecular Hbond substituents is 1. The predicted molar refractivity (Wildman–Crippen MR) is 63.3 cm³/mol. The number of nitrogens with one attached hydrogen (secondary N) is 1. The van der Waals surface area contributed by atoms with Crippen LogP contribution in [0.3, 0.4) is 0 Å². The summed E-state index contributed by atoms with van der Waals surface area (Å²) in [6, 6.07) is 4.42. The summed E-state index contributed by atoms with van der Waals surface area (Å²) in [6.45, 7) is 3.24. The molecule has 1 aromatic rings. The number of halogens is 1. The zero-order valence-electron chi connectivity index (χ0n) is 9.95. The van der Waals surface area contributed by atoms with E-state index in [9.17, 15) is 9.50 Å². The van der Waals surface area contributed by atoms with Crippen molar-refractivity contribution in [3.05, 3.63) is 29.6 Å². The van der Waals surface area contributed by atoms with Gasteiger partial charge in [0.1, 0.15) is 11.6 Å². The van der Waals surface area contributed by atoms with Gasteiger partial charge >= 0.3 is 0 Å². The molecule has 1 aromatic carbocycles. The van der Waals surface area contributed by atoms with Gasteiger partial charge in [0, 0.05) is 24.8 Å². The Kier molecular flexibility index (Phi) is 3.97. The second-order valence-electron chi connectivity index (χ2n) is 4.40. The van der Waals surface area contributed by atoms with Crippen molar-refractivity contribution in [1.82, 2.24) is 5.32 Å². The molecule has 0 aliphatic heterocycles. The van der Waals surface area contributed by atoms with E-state index in [1.54, 1.807) is 0 Å². The molecule has 0 aromatic heterocycles. The van der Waals surface area contributed by atoms with Crippen LogP contribution in [-0.4, -0.2) is 23.9 Å². The molecule has 0 heterocycles. The average Bonchev–Trinajstić information content (AvgIpc) is 2.26. The summed E-state index contributed by atoms with van der Waals surface area (Å²) in [4.78, 5) is 0. The van der Waals surface area contributed by atoms with Gasteiger partial charge in [0.25, 0.3) is 0 Å². The van der Waals surface area contributed by atoms with Gasteiger partial charge in [-0.05, 0) is 38.0 Å². The van der Waals surface area contributed by atoms with Crippen LogP contribution in [0.25, 0.3) is 0 Å². The van der Waals surface area contributed by atoms with Crippen LogP contribution in [0.4, 0.5) is 4.39 Å². The van der Waals surface area contributed by atoms with E-state index in [-0.39, 0.29) is 11.6 Å². The number of phenols is 1. The Morgan fingerprint density at radius 1 is 1.47 bits per heavy atom. The SMILES string of the molecule is CCOC1CC(NCc2cc(F)ccc2O)C1. The molecule has 94 valence electrons. The molecule has 0 amide bonds. The molecule has 0 saturated heterocycles. The van der Waals surface area contributed by atoms with Crippen molar-refractivity contribution < 1.29 is 14.2 Å². The van der Waals surface area contributed by atoms with Gasteiger partial charge in [-0.1, -0.05) is 0 Å². The van der Waals surface area contributed by atoms with E-state index in [0.29, 0.717) is 24.3 Å². The highest BCUT2D eigenvalue weighted by Gasteiger charge is 2.28. The molecule has 0 atom stereocenters. The van der Waals surface area contributed by atoms with Crippen molar-refractivity contribution in [2.75, 3.05) is 6.61 Å². The minimum atomic E-state index is -0.319. The van der Waals surface area contributed by atoms with Gasteiger partial charge in [-0.3, -0.25) is 0 Å². The number of rotatable bonds is 5. The quantitative estimate of drug-likeness (QED) is 0.827. The van der Waals surface area contributed by atoms with Crippen molar-refractivity contribution in [3.8, 4) is 5.75 Å². The first kappa shape index (κ1) is 12.3. The van der Waals surface area contributed by atoms with Crippen LogP contribution in [0.2, 0.25) is 0 Å². The van der Waals surface area contributed by atoms with Crippen LogP contribution >= 0.6 is 0 Å². The Bertz CT molecular complexity index is 378. The maximum atomic E-state index is 13.0. The molecule has 0 unspecified atom stereocenters. The highest BCUT2D eigenvalue weighted by Crippen LogP contribution is 2.24. The highest BCUT2D eigenvalue weighted by molar-refractivity contribution is 5.32. The number of ether oxygens (including phenoxy) is 1. The number of hydrogen-bond donors (Lipinski definition) is 2. The molecule has 1 fully saturated rings. The van der Waals surface area contributed by atoms with Crippen LogP contribution in [0, 0.1) is 5.82 Å². The molecule has 1 aliphatic rings. The van der Waals surface area contributed by atoms with E-state index in [4.69, 9.17) is 4.74 Å². The van der Waals surface area contributed by atoms with Gasteiger partial charge in [-0.25, -0.2) is 4.39 Å².